The number of nitrogens with one attached hydrogen (secondary N) is 2. The van der Waals surface area contributed by atoms with Gasteiger partial charge in [-0.1, -0.05) is 42.6 Å². The summed E-state index contributed by atoms with van der Waals surface area (Å²) >= 11 is 6.01. The highest BCUT2D eigenvalue weighted by molar-refractivity contribution is 6.30. The maximum Gasteiger partial charge on any atom is 0.250 e. The van der Waals surface area contributed by atoms with Gasteiger partial charge in [-0.25, -0.2) is 0 Å². The molecular formula is C29H34ClN3O5. The van der Waals surface area contributed by atoms with Crippen LogP contribution in [0.2, 0.25) is 5.02 Å². The van der Waals surface area contributed by atoms with Gasteiger partial charge in [-0.15, -0.1) is 0 Å². The molecule has 1 spiro atoms. The van der Waals surface area contributed by atoms with Crippen molar-refractivity contribution in [2.24, 2.45) is 11.8 Å². The molecule has 2 bridgehead atoms. The van der Waals surface area contributed by atoms with Crippen LogP contribution in [0.5, 0.6) is 0 Å². The lowest BCUT2D eigenvalue weighted by Gasteiger charge is -2.33. The number of rotatable bonds is 10. The Hall–Kier alpha value is -2.94. The molecule has 9 heteroatoms. The summed E-state index contributed by atoms with van der Waals surface area (Å²) in [6.07, 6.45) is 4.16. The predicted molar refractivity (Wildman–Crippen MR) is 145 cm³/mol. The number of fused-ring (bicyclic) bond motifs is 1. The van der Waals surface area contributed by atoms with Gasteiger partial charge in [0.05, 0.1) is 17.4 Å². The number of anilines is 2. The summed E-state index contributed by atoms with van der Waals surface area (Å²) in [5.41, 5.74) is -0.690. The van der Waals surface area contributed by atoms with Crippen molar-refractivity contribution in [3.63, 3.8) is 0 Å². The van der Waals surface area contributed by atoms with Gasteiger partial charge in [0.2, 0.25) is 17.7 Å². The fourth-order valence-corrected chi connectivity index (χ4v) is 6.73. The molecule has 0 radical (unpaired) electrons. The molecular weight excluding hydrogens is 506 g/mol. The number of carbonyl (C=O) groups is 3. The van der Waals surface area contributed by atoms with Crippen LogP contribution < -0.4 is 10.6 Å². The maximum absolute atomic E-state index is 14.0. The minimum Gasteiger partial charge on any atom is -0.396 e. The highest BCUT2D eigenvalue weighted by Gasteiger charge is 2.77. The molecule has 3 aliphatic heterocycles. The Balaban J connectivity index is 1.44. The largest absolute Gasteiger partial charge is 0.396 e. The zero-order valence-electron chi connectivity index (χ0n) is 21.5. The van der Waals surface area contributed by atoms with Crippen LogP contribution in [-0.4, -0.2) is 58.1 Å². The van der Waals surface area contributed by atoms with E-state index in [0.717, 1.165) is 12.8 Å². The molecule has 3 aliphatic rings. The molecule has 3 amide bonds. The molecule has 5 atom stereocenters. The molecule has 0 saturated carbocycles. The zero-order chi connectivity index (χ0) is 26.9. The van der Waals surface area contributed by atoms with E-state index in [1.54, 1.807) is 29.2 Å². The van der Waals surface area contributed by atoms with Crippen LogP contribution in [0.15, 0.2) is 54.6 Å². The number of nitrogens with zero attached hydrogens (tertiary/aromatic N) is 1. The van der Waals surface area contributed by atoms with Crippen molar-refractivity contribution < 1.29 is 24.2 Å². The van der Waals surface area contributed by atoms with Crippen molar-refractivity contribution in [2.75, 3.05) is 23.8 Å². The molecule has 3 saturated heterocycles. The standard InChI is InChI=1S/C29H34ClN3O5/c1-28-15-16-29(38-28)23(22(28)25(35)31-20-9-5-4-6-10-20)27(37)33(17-7-2-3-8-18-34)24(29)26(36)32-21-13-11-19(30)12-14-21/h4-6,9-14,22-24,34H,2-3,7-8,15-18H2,1H3,(H,31,35)(H,32,36)/t22-,23+,24?,28+,29?/m1/s1. The quantitative estimate of drug-likeness (QED) is 0.391. The van der Waals surface area contributed by atoms with Gasteiger partial charge >= 0.3 is 0 Å². The van der Waals surface area contributed by atoms with Gasteiger partial charge < -0.3 is 25.4 Å². The Morgan fingerprint density at radius 3 is 2.34 bits per heavy atom. The molecule has 3 heterocycles. The molecule has 2 aromatic carbocycles. The summed E-state index contributed by atoms with van der Waals surface area (Å²) in [5, 5.41) is 15.6. The topological polar surface area (TPSA) is 108 Å². The molecule has 0 aromatic heterocycles. The summed E-state index contributed by atoms with van der Waals surface area (Å²) in [7, 11) is 0. The predicted octanol–water partition coefficient (Wildman–Crippen LogP) is 4.23. The van der Waals surface area contributed by atoms with Gasteiger partial charge in [0, 0.05) is 29.5 Å². The number of likely N-dealkylation sites (tertiary alicyclic amines) is 1. The first kappa shape index (κ1) is 26.7. The number of aliphatic hydroxyl groups is 1. The van der Waals surface area contributed by atoms with Gasteiger partial charge in [0.1, 0.15) is 11.6 Å². The van der Waals surface area contributed by atoms with Crippen molar-refractivity contribution in [2.45, 2.75) is 62.7 Å². The molecule has 5 rings (SSSR count). The lowest BCUT2D eigenvalue weighted by Crippen LogP contribution is -2.53. The molecule has 38 heavy (non-hydrogen) atoms. The second-order valence-electron chi connectivity index (χ2n) is 10.7. The average molecular weight is 540 g/mol. The Morgan fingerprint density at radius 1 is 0.974 bits per heavy atom. The van der Waals surface area contributed by atoms with Crippen LogP contribution in [0.1, 0.15) is 45.4 Å². The number of hydrogen-bond acceptors (Lipinski definition) is 5. The Bertz CT molecular complexity index is 1190. The highest BCUT2D eigenvalue weighted by Crippen LogP contribution is 2.63. The van der Waals surface area contributed by atoms with Crippen molar-refractivity contribution in [1.29, 1.82) is 0 Å². The van der Waals surface area contributed by atoms with Crippen molar-refractivity contribution in [1.82, 2.24) is 4.90 Å². The highest BCUT2D eigenvalue weighted by atomic mass is 35.5. The number of hydrogen-bond donors (Lipinski definition) is 3. The molecule has 3 fully saturated rings. The van der Waals surface area contributed by atoms with Crippen molar-refractivity contribution in [3.05, 3.63) is 59.6 Å². The number of unbranched alkanes of at least 4 members (excludes halogenated alkanes) is 3. The SMILES string of the molecule is C[C@@]12CCC3(O1)C(C(=O)Nc1ccc(Cl)cc1)N(CCCCCCO)C(=O)[C@@H]3[C@@H]2C(=O)Nc1ccccc1. The van der Waals surface area contributed by atoms with Gasteiger partial charge in [-0.2, -0.15) is 0 Å². The van der Waals surface area contributed by atoms with Crippen LogP contribution in [-0.2, 0) is 19.1 Å². The number of aliphatic hydroxyl groups excluding tert-OH is 1. The summed E-state index contributed by atoms with van der Waals surface area (Å²) < 4.78 is 6.64. The number of carbonyl (C=O) groups excluding carboxylic acids is 3. The number of benzene rings is 2. The number of amides is 3. The molecule has 2 aromatic rings. The third-order valence-electron chi connectivity index (χ3n) is 8.27. The van der Waals surface area contributed by atoms with Gasteiger partial charge in [0.25, 0.3) is 0 Å². The summed E-state index contributed by atoms with van der Waals surface area (Å²) in [5.74, 6) is -2.26. The molecule has 2 unspecified atom stereocenters. The number of halogens is 1. The second-order valence-corrected chi connectivity index (χ2v) is 11.2. The van der Waals surface area contributed by atoms with E-state index in [2.05, 4.69) is 10.6 Å². The van der Waals surface area contributed by atoms with Crippen LogP contribution in [0, 0.1) is 11.8 Å². The lowest BCUT2D eigenvalue weighted by atomic mass is 9.66. The number of ether oxygens (including phenoxy) is 1. The smallest absolute Gasteiger partial charge is 0.250 e. The minimum absolute atomic E-state index is 0.130. The zero-order valence-corrected chi connectivity index (χ0v) is 22.2. The van der Waals surface area contributed by atoms with Crippen LogP contribution in [0.4, 0.5) is 11.4 Å². The first-order valence-electron chi connectivity index (χ1n) is 13.3. The Morgan fingerprint density at radius 2 is 1.63 bits per heavy atom. The van der Waals surface area contributed by atoms with Crippen molar-refractivity contribution in [3.8, 4) is 0 Å². The van der Waals surface area contributed by atoms with E-state index in [9.17, 15) is 14.4 Å². The van der Waals surface area contributed by atoms with E-state index in [4.69, 9.17) is 21.4 Å². The monoisotopic (exact) mass is 539 g/mol. The van der Waals surface area contributed by atoms with Gasteiger partial charge in [-0.05, 0) is 69.0 Å². The third kappa shape index (κ3) is 4.70. The van der Waals surface area contributed by atoms with E-state index in [0.29, 0.717) is 48.6 Å². The van der Waals surface area contributed by atoms with Crippen LogP contribution in [0.3, 0.4) is 0 Å². The fraction of sp³-hybridized carbons (Fsp3) is 0.483. The van der Waals surface area contributed by atoms with E-state index in [1.165, 1.54) is 0 Å². The molecule has 0 aliphatic carbocycles. The lowest BCUT2D eigenvalue weighted by molar-refractivity contribution is -0.143. The summed E-state index contributed by atoms with van der Waals surface area (Å²) in [4.78, 5) is 43.1. The maximum atomic E-state index is 14.0. The van der Waals surface area contributed by atoms with Gasteiger partial charge in [0.15, 0.2) is 0 Å². The van der Waals surface area contributed by atoms with E-state index in [1.807, 2.05) is 37.3 Å². The Labute approximate surface area is 227 Å². The first-order chi connectivity index (χ1) is 18.3. The Kier molecular flexibility index (Phi) is 7.49. The average Bonchev–Trinajstić information content (AvgIpc) is 3.46. The van der Waals surface area contributed by atoms with E-state index in [-0.39, 0.29) is 24.3 Å². The van der Waals surface area contributed by atoms with Crippen LogP contribution >= 0.6 is 11.6 Å². The van der Waals surface area contributed by atoms with Crippen molar-refractivity contribution >= 4 is 40.7 Å². The van der Waals surface area contributed by atoms with Crippen LogP contribution in [0.25, 0.3) is 0 Å². The van der Waals surface area contributed by atoms with E-state index >= 15 is 0 Å². The summed E-state index contributed by atoms with van der Waals surface area (Å²) in [6.45, 7) is 2.40. The fourth-order valence-electron chi connectivity index (χ4n) is 6.60. The first-order valence-corrected chi connectivity index (χ1v) is 13.7. The minimum atomic E-state index is -1.08. The molecule has 8 nitrogen and oxygen atoms in total. The second kappa shape index (κ2) is 10.7. The summed E-state index contributed by atoms with van der Waals surface area (Å²) in [6, 6.07) is 15.1. The molecule has 3 N–H and O–H groups in total. The van der Waals surface area contributed by atoms with E-state index < -0.39 is 29.1 Å². The normalized spacial score (nSPS) is 29.4. The van der Waals surface area contributed by atoms with Gasteiger partial charge in [-0.3, -0.25) is 14.4 Å². The number of para-hydroxylation sites is 1. The third-order valence-corrected chi connectivity index (χ3v) is 8.52. The molecule has 202 valence electrons.